The first kappa shape index (κ1) is 13.3. The number of rotatable bonds is 5. The van der Waals surface area contributed by atoms with E-state index in [2.05, 4.69) is 0 Å². The fraction of sp³-hybridized carbons (Fsp3) is 1.00. The van der Waals surface area contributed by atoms with Gasteiger partial charge in [0.1, 0.15) is 0 Å². The zero-order valence-corrected chi connectivity index (χ0v) is 10.9. The number of sulfone groups is 1. The van der Waals surface area contributed by atoms with Crippen molar-refractivity contribution in [1.82, 2.24) is 0 Å². The Labute approximate surface area is 97.1 Å². The lowest BCUT2D eigenvalue weighted by Crippen LogP contribution is -2.28. The van der Waals surface area contributed by atoms with Gasteiger partial charge in [-0.3, -0.25) is 0 Å². The molecule has 90 valence electrons. The van der Waals surface area contributed by atoms with Crippen molar-refractivity contribution in [3.05, 3.63) is 0 Å². The average molecular weight is 255 g/mol. The maximum Gasteiger partial charge on any atom is 0.152 e. The summed E-state index contributed by atoms with van der Waals surface area (Å²) in [4.78, 5) is 0. The van der Waals surface area contributed by atoms with Crippen LogP contribution in [0.3, 0.4) is 0 Å². The van der Waals surface area contributed by atoms with Crippen LogP contribution < -0.4 is 0 Å². The Kier molecular flexibility index (Phi) is 4.44. The van der Waals surface area contributed by atoms with E-state index in [1.54, 1.807) is 13.8 Å². The normalized spacial score (nSPS) is 27.5. The van der Waals surface area contributed by atoms with Crippen LogP contribution in [0.1, 0.15) is 26.7 Å². The van der Waals surface area contributed by atoms with Gasteiger partial charge in [-0.25, -0.2) is 8.42 Å². The molecule has 0 aromatic heterocycles. The van der Waals surface area contributed by atoms with Crippen molar-refractivity contribution >= 4 is 21.4 Å². The van der Waals surface area contributed by atoms with Crippen LogP contribution >= 0.6 is 11.6 Å². The quantitative estimate of drug-likeness (QED) is 0.704. The maximum atomic E-state index is 11.7. The van der Waals surface area contributed by atoms with Crippen molar-refractivity contribution < 1.29 is 13.2 Å². The molecular weight excluding hydrogens is 236 g/mol. The predicted octanol–water partition coefficient (Wildman–Crippen LogP) is 1.85. The second-order valence-electron chi connectivity index (χ2n) is 4.60. The molecule has 1 aliphatic heterocycles. The van der Waals surface area contributed by atoms with Crippen LogP contribution in [0.15, 0.2) is 0 Å². The second-order valence-corrected chi connectivity index (χ2v) is 7.55. The third kappa shape index (κ3) is 3.33. The molecule has 0 radical (unpaired) electrons. The van der Waals surface area contributed by atoms with Gasteiger partial charge >= 0.3 is 0 Å². The Balaban J connectivity index is 2.55. The molecule has 0 aromatic rings. The first-order valence-electron chi connectivity index (χ1n) is 5.27. The fourth-order valence-corrected chi connectivity index (χ4v) is 3.15. The largest absolute Gasteiger partial charge is 0.381 e. The summed E-state index contributed by atoms with van der Waals surface area (Å²) in [6.45, 7) is 4.74. The van der Waals surface area contributed by atoms with Crippen molar-refractivity contribution in [3.8, 4) is 0 Å². The summed E-state index contributed by atoms with van der Waals surface area (Å²) in [5.74, 6) is 0.710. The molecule has 0 aromatic carbocycles. The van der Waals surface area contributed by atoms with E-state index in [0.717, 1.165) is 6.42 Å². The number of alkyl halides is 1. The summed E-state index contributed by atoms with van der Waals surface area (Å²) >= 11 is 5.90. The molecule has 15 heavy (non-hydrogen) atoms. The van der Waals surface area contributed by atoms with Crippen LogP contribution in [0, 0.1) is 5.41 Å². The van der Waals surface area contributed by atoms with Crippen LogP contribution in [0.5, 0.6) is 0 Å². The van der Waals surface area contributed by atoms with Crippen LogP contribution in [-0.4, -0.2) is 38.5 Å². The van der Waals surface area contributed by atoms with E-state index in [4.69, 9.17) is 16.3 Å². The standard InChI is InChI=1S/C10H19ClO3S/c1-9(2)15(12,13)6-4-10(7-11)3-5-14-8-10/h9H,3-8H2,1-2H3. The van der Waals surface area contributed by atoms with Crippen molar-refractivity contribution in [3.63, 3.8) is 0 Å². The minimum Gasteiger partial charge on any atom is -0.381 e. The lowest BCUT2D eigenvalue weighted by atomic mass is 9.87. The van der Waals surface area contributed by atoms with Crippen molar-refractivity contribution in [2.75, 3.05) is 24.8 Å². The minimum atomic E-state index is -2.95. The van der Waals surface area contributed by atoms with Crippen LogP contribution in [0.2, 0.25) is 0 Å². The summed E-state index contributed by atoms with van der Waals surface area (Å²) in [6.07, 6.45) is 1.50. The smallest absolute Gasteiger partial charge is 0.152 e. The first-order valence-corrected chi connectivity index (χ1v) is 7.52. The molecule has 1 rings (SSSR count). The summed E-state index contributed by atoms with van der Waals surface area (Å²) in [7, 11) is -2.95. The number of hydrogen-bond donors (Lipinski definition) is 0. The molecule has 3 nitrogen and oxygen atoms in total. The molecule has 0 N–H and O–H groups in total. The highest BCUT2D eigenvalue weighted by atomic mass is 35.5. The molecule has 0 spiro atoms. The van der Waals surface area contributed by atoms with Crippen LogP contribution in [-0.2, 0) is 14.6 Å². The van der Waals surface area contributed by atoms with Gasteiger partial charge in [0.2, 0.25) is 0 Å². The number of ether oxygens (including phenoxy) is 1. The molecule has 0 aliphatic carbocycles. The van der Waals surface area contributed by atoms with Crippen LogP contribution in [0.25, 0.3) is 0 Å². The van der Waals surface area contributed by atoms with E-state index in [0.29, 0.717) is 25.5 Å². The fourth-order valence-electron chi connectivity index (χ4n) is 1.61. The zero-order valence-electron chi connectivity index (χ0n) is 9.33. The summed E-state index contributed by atoms with van der Waals surface area (Å²) < 4.78 is 28.6. The average Bonchev–Trinajstić information content (AvgIpc) is 2.64. The summed E-state index contributed by atoms with van der Waals surface area (Å²) in [5.41, 5.74) is -0.108. The van der Waals surface area contributed by atoms with Crippen molar-refractivity contribution in [2.24, 2.45) is 5.41 Å². The second kappa shape index (κ2) is 5.02. The third-order valence-electron chi connectivity index (χ3n) is 3.10. The molecule has 0 saturated carbocycles. The SMILES string of the molecule is CC(C)S(=O)(=O)CCC1(CCl)CCOC1. The van der Waals surface area contributed by atoms with Crippen molar-refractivity contribution in [2.45, 2.75) is 31.9 Å². The van der Waals surface area contributed by atoms with E-state index >= 15 is 0 Å². The van der Waals surface area contributed by atoms with Gasteiger partial charge in [0.25, 0.3) is 0 Å². The molecule has 1 saturated heterocycles. The van der Waals surface area contributed by atoms with Gasteiger partial charge in [-0.05, 0) is 26.7 Å². The highest BCUT2D eigenvalue weighted by molar-refractivity contribution is 7.91. The van der Waals surface area contributed by atoms with Gasteiger partial charge in [-0.2, -0.15) is 0 Å². The predicted molar refractivity (Wildman–Crippen MR) is 62.1 cm³/mol. The Morgan fingerprint density at radius 2 is 2.13 bits per heavy atom. The monoisotopic (exact) mass is 254 g/mol. The molecule has 0 bridgehead atoms. The van der Waals surface area contributed by atoms with E-state index in [1.165, 1.54) is 0 Å². The molecule has 0 amide bonds. The number of hydrogen-bond acceptors (Lipinski definition) is 3. The topological polar surface area (TPSA) is 43.4 Å². The van der Waals surface area contributed by atoms with E-state index in [1.807, 2.05) is 0 Å². The molecule has 1 atom stereocenters. The maximum absolute atomic E-state index is 11.7. The lowest BCUT2D eigenvalue weighted by molar-refractivity contribution is 0.159. The first-order chi connectivity index (χ1) is 6.92. The van der Waals surface area contributed by atoms with Crippen LogP contribution in [0.4, 0.5) is 0 Å². The molecule has 1 unspecified atom stereocenters. The minimum absolute atomic E-state index is 0.108. The van der Waals surface area contributed by atoms with Crippen molar-refractivity contribution in [1.29, 1.82) is 0 Å². The van der Waals surface area contributed by atoms with Gasteiger partial charge < -0.3 is 4.74 Å². The Morgan fingerprint density at radius 1 is 1.47 bits per heavy atom. The van der Waals surface area contributed by atoms with Gasteiger partial charge in [-0.1, -0.05) is 0 Å². The molecule has 1 aliphatic rings. The molecule has 1 heterocycles. The summed E-state index contributed by atoms with van der Waals surface area (Å²) in [6, 6.07) is 0. The van der Waals surface area contributed by atoms with Gasteiger partial charge in [0, 0.05) is 17.9 Å². The highest BCUT2D eigenvalue weighted by Gasteiger charge is 2.35. The third-order valence-corrected chi connectivity index (χ3v) is 5.88. The Bertz CT molecular complexity index is 292. The molecule has 1 fully saturated rings. The lowest BCUT2D eigenvalue weighted by Gasteiger charge is -2.24. The zero-order chi connectivity index (χ0) is 11.5. The Morgan fingerprint density at radius 3 is 2.53 bits per heavy atom. The number of halogens is 1. The molecular formula is C10H19ClO3S. The highest BCUT2D eigenvalue weighted by Crippen LogP contribution is 2.34. The van der Waals surface area contributed by atoms with E-state index in [-0.39, 0.29) is 16.4 Å². The van der Waals surface area contributed by atoms with Gasteiger partial charge in [0.15, 0.2) is 9.84 Å². The van der Waals surface area contributed by atoms with E-state index in [9.17, 15) is 8.42 Å². The van der Waals surface area contributed by atoms with Gasteiger partial charge in [-0.15, -0.1) is 11.6 Å². The Hall–Kier alpha value is 0.200. The van der Waals surface area contributed by atoms with Gasteiger partial charge in [0.05, 0.1) is 17.6 Å². The summed E-state index contributed by atoms with van der Waals surface area (Å²) in [5, 5.41) is -0.299. The molecule has 5 heteroatoms. The van der Waals surface area contributed by atoms with E-state index < -0.39 is 9.84 Å².